The number of likely N-dealkylation sites (N-methyl/N-ethyl adjacent to an activating group) is 1. The van der Waals surface area contributed by atoms with E-state index in [9.17, 15) is 0 Å². The molecule has 2 aliphatic rings. The van der Waals surface area contributed by atoms with E-state index in [0.717, 1.165) is 44.4 Å². The van der Waals surface area contributed by atoms with Gasteiger partial charge >= 0.3 is 0 Å². The third-order valence-corrected chi connectivity index (χ3v) is 5.75. The van der Waals surface area contributed by atoms with Crippen molar-refractivity contribution < 1.29 is 4.74 Å². The van der Waals surface area contributed by atoms with Crippen LogP contribution in [0.4, 0.5) is 0 Å². The third-order valence-electron chi connectivity index (χ3n) is 5.75. The Bertz CT molecular complexity index is 404. The van der Waals surface area contributed by atoms with Gasteiger partial charge in [0.05, 0.1) is 5.60 Å². The van der Waals surface area contributed by atoms with Gasteiger partial charge in [-0.15, -0.1) is 0 Å². The zero-order chi connectivity index (χ0) is 16.9. The molecule has 0 bridgehead atoms. The van der Waals surface area contributed by atoms with Crippen molar-refractivity contribution in [1.82, 2.24) is 15.5 Å². The fourth-order valence-electron chi connectivity index (χ4n) is 4.07. The van der Waals surface area contributed by atoms with E-state index in [1.54, 1.807) is 0 Å². The molecule has 0 amide bonds. The topological polar surface area (TPSA) is 48.9 Å². The molecule has 3 atom stereocenters. The molecule has 3 unspecified atom stereocenters. The SMILES string of the molecule is CN=C(NCC1(C)CCCO1)NCC1(N(C)C)CCCC(C)C1. The van der Waals surface area contributed by atoms with Gasteiger partial charge in [-0.1, -0.05) is 19.8 Å². The first kappa shape index (κ1) is 18.5. The molecule has 2 fully saturated rings. The molecule has 0 aromatic heterocycles. The fraction of sp³-hybridized carbons (Fsp3) is 0.944. The first-order chi connectivity index (χ1) is 10.9. The van der Waals surface area contributed by atoms with E-state index in [1.807, 2.05) is 7.05 Å². The number of nitrogens with zero attached hydrogens (tertiary/aromatic N) is 2. The summed E-state index contributed by atoms with van der Waals surface area (Å²) in [6.07, 6.45) is 7.47. The van der Waals surface area contributed by atoms with Gasteiger partial charge in [0.1, 0.15) is 0 Å². The summed E-state index contributed by atoms with van der Waals surface area (Å²) in [6.45, 7) is 7.21. The molecule has 1 aliphatic carbocycles. The van der Waals surface area contributed by atoms with Gasteiger partial charge in [0.15, 0.2) is 5.96 Å². The van der Waals surface area contributed by atoms with Crippen LogP contribution < -0.4 is 10.6 Å². The fourth-order valence-corrected chi connectivity index (χ4v) is 4.07. The highest BCUT2D eigenvalue weighted by Crippen LogP contribution is 2.35. The van der Waals surface area contributed by atoms with Gasteiger partial charge in [-0.2, -0.15) is 0 Å². The maximum Gasteiger partial charge on any atom is 0.191 e. The van der Waals surface area contributed by atoms with Crippen LogP contribution in [-0.2, 0) is 4.74 Å². The Hall–Kier alpha value is -0.810. The van der Waals surface area contributed by atoms with Gasteiger partial charge in [0.2, 0.25) is 0 Å². The molecule has 5 heteroatoms. The Morgan fingerprint density at radius 3 is 2.52 bits per heavy atom. The van der Waals surface area contributed by atoms with Crippen molar-refractivity contribution in [2.24, 2.45) is 10.9 Å². The lowest BCUT2D eigenvalue weighted by Crippen LogP contribution is -2.57. The molecule has 0 aromatic carbocycles. The van der Waals surface area contributed by atoms with Crippen molar-refractivity contribution in [3.63, 3.8) is 0 Å². The molecule has 1 heterocycles. The Labute approximate surface area is 142 Å². The summed E-state index contributed by atoms with van der Waals surface area (Å²) in [7, 11) is 6.27. The summed E-state index contributed by atoms with van der Waals surface area (Å²) < 4.78 is 5.85. The highest BCUT2D eigenvalue weighted by molar-refractivity contribution is 5.79. The smallest absolute Gasteiger partial charge is 0.191 e. The minimum Gasteiger partial charge on any atom is -0.373 e. The summed E-state index contributed by atoms with van der Waals surface area (Å²) in [5.41, 5.74) is 0.194. The molecule has 1 aliphatic heterocycles. The van der Waals surface area contributed by atoms with E-state index in [2.05, 4.69) is 48.5 Å². The molecule has 0 radical (unpaired) electrons. The van der Waals surface area contributed by atoms with Gasteiger partial charge in [0.25, 0.3) is 0 Å². The molecule has 0 aromatic rings. The largest absolute Gasteiger partial charge is 0.373 e. The normalized spacial score (nSPS) is 35.6. The van der Waals surface area contributed by atoms with E-state index >= 15 is 0 Å². The molecule has 1 saturated heterocycles. The maximum absolute atomic E-state index is 5.85. The number of ether oxygens (including phenoxy) is 1. The van der Waals surface area contributed by atoms with Gasteiger partial charge in [0, 0.05) is 32.3 Å². The predicted molar refractivity (Wildman–Crippen MR) is 97.0 cm³/mol. The lowest BCUT2D eigenvalue weighted by atomic mass is 9.75. The number of hydrogen-bond acceptors (Lipinski definition) is 3. The molecule has 1 saturated carbocycles. The van der Waals surface area contributed by atoms with Crippen LogP contribution in [-0.4, -0.2) is 62.8 Å². The van der Waals surface area contributed by atoms with Crippen LogP contribution in [0.1, 0.15) is 52.4 Å². The second kappa shape index (κ2) is 7.84. The lowest BCUT2D eigenvalue weighted by molar-refractivity contribution is 0.0241. The summed E-state index contributed by atoms with van der Waals surface area (Å²) in [6, 6.07) is 0. The standard InChI is InChI=1S/C18H36N4O/c1-15-8-6-10-18(12-15,22(4)5)14-21-16(19-3)20-13-17(2)9-7-11-23-17/h15H,6-14H2,1-5H3,(H2,19,20,21). The first-order valence-electron chi connectivity index (χ1n) is 9.15. The van der Waals surface area contributed by atoms with Gasteiger partial charge in [-0.05, 0) is 52.6 Å². The van der Waals surface area contributed by atoms with Crippen molar-refractivity contribution in [3.05, 3.63) is 0 Å². The predicted octanol–water partition coefficient (Wildman–Crippen LogP) is 2.23. The third kappa shape index (κ3) is 4.83. The Balaban J connectivity index is 1.88. The first-order valence-corrected chi connectivity index (χ1v) is 9.15. The van der Waals surface area contributed by atoms with E-state index in [0.29, 0.717) is 0 Å². The van der Waals surface area contributed by atoms with Gasteiger partial charge in [-0.3, -0.25) is 4.99 Å². The molecular weight excluding hydrogens is 288 g/mol. The summed E-state index contributed by atoms with van der Waals surface area (Å²) in [4.78, 5) is 6.80. The van der Waals surface area contributed by atoms with E-state index in [-0.39, 0.29) is 11.1 Å². The summed E-state index contributed by atoms with van der Waals surface area (Å²) in [5.74, 6) is 1.69. The minimum atomic E-state index is -0.0454. The molecule has 0 spiro atoms. The monoisotopic (exact) mass is 324 g/mol. The van der Waals surface area contributed by atoms with Crippen molar-refractivity contribution in [1.29, 1.82) is 0 Å². The van der Waals surface area contributed by atoms with Crippen LogP contribution >= 0.6 is 0 Å². The van der Waals surface area contributed by atoms with E-state index < -0.39 is 0 Å². The van der Waals surface area contributed by atoms with Crippen LogP contribution in [0.3, 0.4) is 0 Å². The molecule has 134 valence electrons. The summed E-state index contributed by atoms with van der Waals surface area (Å²) in [5, 5.41) is 7.02. The number of hydrogen-bond donors (Lipinski definition) is 2. The Morgan fingerprint density at radius 2 is 1.96 bits per heavy atom. The molecular formula is C18H36N4O. The van der Waals surface area contributed by atoms with Crippen molar-refractivity contribution in [2.75, 3.05) is 40.8 Å². The maximum atomic E-state index is 5.85. The van der Waals surface area contributed by atoms with Crippen LogP contribution in [0, 0.1) is 5.92 Å². The number of nitrogens with one attached hydrogen (secondary N) is 2. The highest BCUT2D eigenvalue weighted by atomic mass is 16.5. The lowest BCUT2D eigenvalue weighted by Gasteiger charge is -2.45. The average Bonchev–Trinajstić information content (AvgIpc) is 2.94. The van der Waals surface area contributed by atoms with E-state index in [4.69, 9.17) is 4.74 Å². The molecule has 2 rings (SSSR count). The summed E-state index contributed by atoms with van der Waals surface area (Å²) >= 11 is 0. The number of rotatable bonds is 5. The minimum absolute atomic E-state index is 0.0454. The zero-order valence-corrected chi connectivity index (χ0v) is 15.7. The van der Waals surface area contributed by atoms with E-state index in [1.165, 1.54) is 25.7 Å². The molecule has 23 heavy (non-hydrogen) atoms. The Morgan fingerprint density at radius 1 is 1.22 bits per heavy atom. The average molecular weight is 325 g/mol. The van der Waals surface area contributed by atoms with Crippen molar-refractivity contribution >= 4 is 5.96 Å². The van der Waals surface area contributed by atoms with Crippen LogP contribution in [0.2, 0.25) is 0 Å². The molecule has 2 N–H and O–H groups in total. The Kier molecular flexibility index (Phi) is 6.32. The van der Waals surface area contributed by atoms with Gasteiger partial charge < -0.3 is 20.3 Å². The van der Waals surface area contributed by atoms with Crippen LogP contribution in [0.15, 0.2) is 4.99 Å². The number of guanidine groups is 1. The van der Waals surface area contributed by atoms with Crippen LogP contribution in [0.25, 0.3) is 0 Å². The quantitative estimate of drug-likeness (QED) is 0.601. The molecule has 5 nitrogen and oxygen atoms in total. The van der Waals surface area contributed by atoms with Crippen molar-refractivity contribution in [2.45, 2.75) is 63.5 Å². The van der Waals surface area contributed by atoms with Crippen LogP contribution in [0.5, 0.6) is 0 Å². The second-order valence-corrected chi connectivity index (χ2v) is 8.00. The zero-order valence-electron chi connectivity index (χ0n) is 15.7. The van der Waals surface area contributed by atoms with Gasteiger partial charge in [-0.25, -0.2) is 0 Å². The second-order valence-electron chi connectivity index (χ2n) is 8.00. The highest BCUT2D eigenvalue weighted by Gasteiger charge is 2.37. The number of aliphatic imine (C=N–C) groups is 1. The van der Waals surface area contributed by atoms with Crippen molar-refractivity contribution in [3.8, 4) is 0 Å².